The molecule has 0 saturated heterocycles. The first-order valence-corrected chi connectivity index (χ1v) is 7.04. The molecular weight excluding hydrogens is 299 g/mol. The topological polar surface area (TPSA) is 43.6 Å². The van der Waals surface area contributed by atoms with Crippen LogP contribution in [0.5, 0.6) is 0 Å². The Morgan fingerprint density at radius 2 is 2.05 bits per heavy atom. The second kappa shape index (κ2) is 6.85. The Morgan fingerprint density at radius 1 is 1.36 bits per heavy atom. The highest BCUT2D eigenvalue weighted by atomic mass is 19.4. The molecule has 0 saturated carbocycles. The molecule has 0 aliphatic heterocycles. The van der Waals surface area contributed by atoms with E-state index in [1.54, 1.807) is 25.0 Å². The van der Waals surface area contributed by atoms with Gasteiger partial charge in [0, 0.05) is 44.6 Å². The number of aryl methyl sites for hydroxylation is 1. The number of hydrogen-bond acceptors (Lipinski definition) is 3. The van der Waals surface area contributed by atoms with Crippen molar-refractivity contribution in [2.45, 2.75) is 38.0 Å². The van der Waals surface area contributed by atoms with Crippen molar-refractivity contribution < 1.29 is 27.8 Å². The van der Waals surface area contributed by atoms with Crippen LogP contribution in [0.15, 0.2) is 12.3 Å². The summed E-state index contributed by atoms with van der Waals surface area (Å²) in [6.45, 7) is 0.0949. The lowest BCUT2D eigenvalue weighted by atomic mass is 9.99. The van der Waals surface area contributed by atoms with Crippen LogP contribution in [-0.2, 0) is 16.0 Å². The van der Waals surface area contributed by atoms with Crippen LogP contribution in [0, 0.1) is 5.92 Å². The van der Waals surface area contributed by atoms with Gasteiger partial charge < -0.3 is 19.1 Å². The zero-order valence-electron chi connectivity index (χ0n) is 12.5. The number of fused-ring (bicyclic) bond motifs is 1. The van der Waals surface area contributed by atoms with Crippen molar-refractivity contribution in [3.05, 3.63) is 22.8 Å². The summed E-state index contributed by atoms with van der Waals surface area (Å²) in [6, 6.07) is 1.86. The van der Waals surface area contributed by atoms with E-state index in [1.165, 1.54) is 0 Å². The first-order valence-electron chi connectivity index (χ1n) is 7.04. The maximum Gasteiger partial charge on any atom is 0.414 e. The van der Waals surface area contributed by atoms with Crippen molar-refractivity contribution in [2.75, 3.05) is 14.2 Å². The van der Waals surface area contributed by atoms with Crippen molar-refractivity contribution in [1.82, 2.24) is 4.57 Å². The average Bonchev–Trinajstić information content (AvgIpc) is 2.87. The van der Waals surface area contributed by atoms with E-state index >= 15 is 0 Å². The summed E-state index contributed by atoms with van der Waals surface area (Å²) < 4.78 is 49.3. The van der Waals surface area contributed by atoms with Crippen LogP contribution in [0.1, 0.15) is 12.8 Å². The molecule has 2 unspecified atom stereocenters. The Hall–Kier alpha value is -1.31. The molecular formula is C15H20F3NO3. The minimum Gasteiger partial charge on any atom is -0.384 e. The van der Waals surface area contributed by atoms with Crippen molar-refractivity contribution in [2.24, 2.45) is 5.92 Å². The molecule has 1 aliphatic rings. The Labute approximate surface area is 126 Å². The third kappa shape index (κ3) is 3.71. The maximum absolute atomic E-state index is 12.4. The first kappa shape index (κ1) is 17.1. The molecule has 1 aromatic heterocycles. The van der Waals surface area contributed by atoms with Gasteiger partial charge in [0.05, 0.1) is 0 Å². The van der Waals surface area contributed by atoms with E-state index in [0.717, 1.165) is 17.0 Å². The molecule has 124 valence electrons. The molecule has 1 N–H and O–H groups in total. The lowest BCUT2D eigenvalue weighted by Crippen LogP contribution is -2.37. The van der Waals surface area contributed by atoms with Crippen molar-refractivity contribution in [1.29, 1.82) is 0 Å². The second-order valence-electron chi connectivity index (χ2n) is 5.31. The summed E-state index contributed by atoms with van der Waals surface area (Å²) in [4.78, 5) is 0. The number of ether oxygens (including phenoxy) is 2. The van der Waals surface area contributed by atoms with Gasteiger partial charge >= 0.3 is 6.18 Å². The fraction of sp³-hybridized carbons (Fsp3) is 0.600. The van der Waals surface area contributed by atoms with Crippen LogP contribution in [0.2, 0.25) is 0 Å². The van der Waals surface area contributed by atoms with Crippen molar-refractivity contribution >= 4 is 12.2 Å². The van der Waals surface area contributed by atoms with Crippen LogP contribution in [-0.4, -0.2) is 42.5 Å². The quantitative estimate of drug-likeness (QED) is 0.796. The zero-order valence-corrected chi connectivity index (χ0v) is 12.5. The molecule has 1 heterocycles. The van der Waals surface area contributed by atoms with Gasteiger partial charge in [-0.05, 0) is 17.7 Å². The van der Waals surface area contributed by atoms with Crippen molar-refractivity contribution in [3.8, 4) is 0 Å². The number of aliphatic hydroxyl groups excluding tert-OH is 1. The maximum atomic E-state index is 12.4. The zero-order chi connectivity index (χ0) is 16.3. The fourth-order valence-electron chi connectivity index (χ4n) is 2.66. The molecule has 0 amide bonds. The summed E-state index contributed by atoms with van der Waals surface area (Å²) in [6.07, 6.45) is -1.21. The molecule has 2 atom stereocenters. The van der Waals surface area contributed by atoms with Crippen LogP contribution in [0.3, 0.4) is 0 Å². The fourth-order valence-corrected chi connectivity index (χ4v) is 2.66. The van der Waals surface area contributed by atoms with Gasteiger partial charge in [-0.25, -0.2) is 0 Å². The minimum absolute atomic E-state index is 0.00342. The number of alkyl halides is 3. The molecule has 0 bridgehead atoms. The summed E-state index contributed by atoms with van der Waals surface area (Å²) in [7, 11) is 3.10. The third-order valence-electron chi connectivity index (χ3n) is 3.86. The van der Waals surface area contributed by atoms with E-state index in [2.05, 4.69) is 0 Å². The van der Waals surface area contributed by atoms with E-state index in [4.69, 9.17) is 14.6 Å². The van der Waals surface area contributed by atoms with Crippen LogP contribution >= 0.6 is 0 Å². The lowest BCUT2D eigenvalue weighted by molar-refractivity contribution is -0.206. The highest BCUT2D eigenvalue weighted by Crippen LogP contribution is 2.22. The molecule has 22 heavy (non-hydrogen) atoms. The first-order chi connectivity index (χ1) is 10.4. The number of hydrogen-bond donors (Lipinski definition) is 1. The number of aromatic nitrogens is 1. The van der Waals surface area contributed by atoms with Crippen molar-refractivity contribution in [3.63, 3.8) is 0 Å². The standard InChI is InChI=1S/C15H20F3NO3/c1-21-14(22-2)11-4-3-10-5-7-19(12(10)9-11)8-6-13(20)15(16,17)18/h3,5,7,9,11,13-14,20H,4,6,8H2,1-2H3. The molecule has 1 aromatic rings. The summed E-state index contributed by atoms with van der Waals surface area (Å²) in [5, 5.41) is 10.9. The second-order valence-corrected chi connectivity index (χ2v) is 5.31. The molecule has 1 aliphatic carbocycles. The summed E-state index contributed by atoms with van der Waals surface area (Å²) >= 11 is 0. The van der Waals surface area contributed by atoms with E-state index in [0.29, 0.717) is 0 Å². The number of aliphatic hydroxyl groups is 1. The van der Waals surface area contributed by atoms with E-state index in [-0.39, 0.29) is 18.9 Å². The number of methoxy groups -OCH3 is 2. The Balaban J connectivity index is 2.17. The molecule has 4 nitrogen and oxygen atoms in total. The van der Waals surface area contributed by atoms with Gasteiger partial charge in [0.15, 0.2) is 12.4 Å². The molecule has 2 rings (SSSR count). The molecule has 0 radical (unpaired) electrons. The lowest BCUT2D eigenvalue weighted by Gasteiger charge is -2.22. The van der Waals surface area contributed by atoms with Gasteiger partial charge in [0.2, 0.25) is 0 Å². The molecule has 0 spiro atoms. The Morgan fingerprint density at radius 3 is 2.64 bits per heavy atom. The van der Waals surface area contributed by atoms with Gasteiger partial charge in [-0.2, -0.15) is 13.2 Å². The van der Waals surface area contributed by atoms with Crippen LogP contribution in [0.4, 0.5) is 13.2 Å². The minimum atomic E-state index is -4.58. The molecule has 7 heteroatoms. The molecule has 0 fully saturated rings. The summed E-state index contributed by atoms with van der Waals surface area (Å²) in [5.41, 5.74) is 0. The van der Waals surface area contributed by atoms with E-state index in [9.17, 15) is 13.2 Å². The summed E-state index contributed by atoms with van der Waals surface area (Å²) in [5.74, 6) is 0.00342. The monoisotopic (exact) mass is 319 g/mol. The number of rotatable bonds is 6. The van der Waals surface area contributed by atoms with Gasteiger partial charge in [0.1, 0.15) is 0 Å². The number of halogens is 3. The smallest absolute Gasteiger partial charge is 0.384 e. The predicted octanol–water partition coefficient (Wildman–Crippen LogP) is 1.00. The van der Waals surface area contributed by atoms with Crippen LogP contribution < -0.4 is 10.6 Å². The number of nitrogens with zero attached hydrogens (tertiary/aromatic N) is 1. The van der Waals surface area contributed by atoms with E-state index < -0.39 is 18.6 Å². The third-order valence-corrected chi connectivity index (χ3v) is 3.86. The van der Waals surface area contributed by atoms with E-state index in [1.807, 2.05) is 18.2 Å². The normalized spacial score (nSPS) is 19.5. The highest BCUT2D eigenvalue weighted by molar-refractivity contribution is 5.39. The van der Waals surface area contributed by atoms with Gasteiger partial charge in [-0.1, -0.05) is 12.2 Å². The van der Waals surface area contributed by atoms with Crippen LogP contribution in [0.25, 0.3) is 12.2 Å². The average molecular weight is 319 g/mol. The molecule has 0 aromatic carbocycles. The Kier molecular flexibility index (Phi) is 5.31. The van der Waals surface area contributed by atoms with Gasteiger partial charge in [-0.15, -0.1) is 0 Å². The SMILES string of the molecule is COC(OC)C1C=c2c(ccn2CCC(O)C(F)(F)F)=CC1. The van der Waals surface area contributed by atoms with Gasteiger partial charge in [-0.3, -0.25) is 0 Å². The van der Waals surface area contributed by atoms with Gasteiger partial charge in [0.25, 0.3) is 0 Å². The highest BCUT2D eigenvalue weighted by Gasteiger charge is 2.37. The Bertz CT molecular complexity index is 605. The largest absolute Gasteiger partial charge is 0.414 e. The predicted molar refractivity (Wildman–Crippen MR) is 75.2 cm³/mol.